The molecule has 1 amide bonds. The number of unbranched alkanes of at least 4 members (excludes halogenated alkanes) is 1. The van der Waals surface area contributed by atoms with Crippen LogP contribution >= 0.6 is 8.69 Å². The highest BCUT2D eigenvalue weighted by Gasteiger charge is 2.21. The second kappa shape index (κ2) is 13.3. The van der Waals surface area contributed by atoms with Crippen molar-refractivity contribution >= 4 is 20.7 Å². The zero-order chi connectivity index (χ0) is 19.2. The summed E-state index contributed by atoms with van der Waals surface area (Å²) >= 11 is 0. The van der Waals surface area contributed by atoms with Crippen LogP contribution in [0.1, 0.15) is 38.2 Å². The van der Waals surface area contributed by atoms with E-state index in [0.717, 1.165) is 24.8 Å². The lowest BCUT2D eigenvalue weighted by molar-refractivity contribution is -0.146. The number of benzene rings is 1. The molecule has 26 heavy (non-hydrogen) atoms. The molecule has 1 aromatic carbocycles. The van der Waals surface area contributed by atoms with Crippen LogP contribution in [0.4, 0.5) is 4.79 Å². The minimum absolute atomic E-state index is 0.0331. The number of alkyl carbamates (subject to hydrolysis) is 1. The average molecular weight is 384 g/mol. The first kappa shape index (κ1) is 22.1. The quantitative estimate of drug-likeness (QED) is 0.336. The molecule has 0 aromatic heterocycles. The Labute approximate surface area is 155 Å². The molecule has 0 fully saturated rings. The molecule has 0 heterocycles. The van der Waals surface area contributed by atoms with Gasteiger partial charge in [-0.2, -0.15) is 0 Å². The van der Waals surface area contributed by atoms with E-state index in [0.29, 0.717) is 6.42 Å². The smallest absolute Gasteiger partial charge is 0.469 e. The molecule has 1 aromatic rings. The van der Waals surface area contributed by atoms with E-state index in [1.807, 2.05) is 37.3 Å². The number of amides is 1. The highest BCUT2D eigenvalue weighted by molar-refractivity contribution is 7.17. The summed E-state index contributed by atoms with van der Waals surface area (Å²) in [5.74, 6) is -0.778. The molecule has 1 rings (SSSR count). The zero-order valence-electron chi connectivity index (χ0n) is 15.2. The van der Waals surface area contributed by atoms with Crippen molar-refractivity contribution < 1.29 is 28.2 Å². The molecule has 144 valence electrons. The summed E-state index contributed by atoms with van der Waals surface area (Å²) in [6.45, 7) is 2.23. The van der Waals surface area contributed by atoms with Gasteiger partial charge in [-0.15, -0.1) is 4.52 Å². The number of nitrogens with one attached hydrogen (secondary N) is 1. The Morgan fingerprint density at radius 2 is 1.85 bits per heavy atom. The molecule has 3 atom stereocenters. The Morgan fingerprint density at radius 1 is 1.15 bits per heavy atom. The van der Waals surface area contributed by atoms with E-state index in [2.05, 4.69) is 5.32 Å². The molecule has 0 saturated heterocycles. The third kappa shape index (κ3) is 9.49. The van der Waals surface area contributed by atoms with Crippen LogP contribution in [-0.2, 0) is 30.0 Å². The molecule has 8 heteroatoms. The monoisotopic (exact) mass is 384 g/mol. The van der Waals surface area contributed by atoms with Gasteiger partial charge in [-0.05, 0) is 29.9 Å². The van der Waals surface area contributed by atoms with Crippen LogP contribution in [0.3, 0.4) is 0 Å². The lowest BCUT2D eigenvalue weighted by Gasteiger charge is -2.15. The van der Waals surface area contributed by atoms with Gasteiger partial charge >= 0.3 is 20.7 Å². The van der Waals surface area contributed by atoms with E-state index in [9.17, 15) is 14.2 Å². The van der Waals surface area contributed by atoms with E-state index >= 15 is 0 Å². The standard InChI is InChI=1S/C18H26NO6P/c1-14(19-18(21)24-12-15-9-4-3-5-10-15)8-6-7-11-16(13-25-26-22)17(20)23-2/h3-5,9-10,14,16,26H,6-8,11-13H2,1-2H3/p+1. The Bertz CT molecular complexity index is 554. The van der Waals surface area contributed by atoms with Crippen molar-refractivity contribution in [3.8, 4) is 0 Å². The molecule has 0 spiro atoms. The summed E-state index contributed by atoms with van der Waals surface area (Å²) in [7, 11) is 0.434. The van der Waals surface area contributed by atoms with E-state index in [4.69, 9.17) is 14.0 Å². The third-order valence-corrected chi connectivity index (χ3v) is 4.18. The highest BCUT2D eigenvalue weighted by atomic mass is 31.1. The molecule has 1 N–H and O–H groups in total. The van der Waals surface area contributed by atoms with Crippen molar-refractivity contribution in [3.05, 3.63) is 35.9 Å². The summed E-state index contributed by atoms with van der Waals surface area (Å²) in [4.78, 5) is 23.4. The predicted octanol–water partition coefficient (Wildman–Crippen LogP) is 3.61. The molecule has 0 saturated carbocycles. The maximum absolute atomic E-state index is 11.8. The van der Waals surface area contributed by atoms with Crippen LogP contribution in [-0.4, -0.2) is 31.8 Å². The van der Waals surface area contributed by atoms with Gasteiger partial charge in [-0.25, -0.2) is 4.79 Å². The second-order valence-corrected chi connectivity index (χ2v) is 6.46. The Hall–Kier alpha value is -1.98. The van der Waals surface area contributed by atoms with Gasteiger partial charge in [-0.3, -0.25) is 4.79 Å². The summed E-state index contributed by atoms with van der Waals surface area (Å²) in [6, 6.07) is 9.45. The predicted molar refractivity (Wildman–Crippen MR) is 98.2 cm³/mol. The maximum atomic E-state index is 11.8. The fraction of sp³-hybridized carbons (Fsp3) is 0.556. The van der Waals surface area contributed by atoms with Crippen molar-refractivity contribution in [2.75, 3.05) is 13.7 Å². The van der Waals surface area contributed by atoms with Crippen LogP contribution in [0.5, 0.6) is 0 Å². The number of carbonyl (C=O) groups is 2. The minimum Gasteiger partial charge on any atom is -0.469 e. The number of rotatable bonds is 12. The van der Waals surface area contributed by atoms with Gasteiger partial charge in [-0.1, -0.05) is 43.2 Å². The Kier molecular flexibility index (Phi) is 11.2. The van der Waals surface area contributed by atoms with Gasteiger partial charge in [0.1, 0.15) is 13.2 Å². The van der Waals surface area contributed by atoms with Gasteiger partial charge < -0.3 is 14.8 Å². The van der Waals surface area contributed by atoms with Crippen LogP contribution in [0.15, 0.2) is 30.3 Å². The second-order valence-electron chi connectivity index (χ2n) is 6.01. The van der Waals surface area contributed by atoms with Gasteiger partial charge in [0, 0.05) is 6.04 Å². The molecule has 0 aliphatic carbocycles. The van der Waals surface area contributed by atoms with Gasteiger partial charge in [0.15, 0.2) is 0 Å². The van der Waals surface area contributed by atoms with Crippen molar-refractivity contribution in [3.63, 3.8) is 0 Å². The normalized spacial score (nSPS) is 13.0. The van der Waals surface area contributed by atoms with Crippen molar-refractivity contribution in [2.24, 2.45) is 5.92 Å². The lowest BCUT2D eigenvalue weighted by atomic mass is 10.0. The van der Waals surface area contributed by atoms with Crippen LogP contribution in [0.25, 0.3) is 0 Å². The number of ether oxygens (including phenoxy) is 2. The molecule has 3 unspecified atom stereocenters. The van der Waals surface area contributed by atoms with E-state index in [1.165, 1.54) is 7.11 Å². The molecule has 7 nitrogen and oxygen atoms in total. The fourth-order valence-corrected chi connectivity index (χ4v) is 2.72. The summed E-state index contributed by atoms with van der Waals surface area (Å²) < 4.78 is 25.1. The fourth-order valence-electron chi connectivity index (χ4n) is 2.45. The largest absolute Gasteiger partial charge is 0.494 e. The van der Waals surface area contributed by atoms with E-state index in [-0.39, 0.29) is 25.2 Å². The minimum atomic E-state index is -0.887. The average Bonchev–Trinajstić information content (AvgIpc) is 2.66. The number of carbonyl (C=O) groups excluding carboxylic acids is 2. The van der Waals surface area contributed by atoms with E-state index in [1.54, 1.807) is 0 Å². The Morgan fingerprint density at radius 3 is 2.50 bits per heavy atom. The molecular weight excluding hydrogens is 357 g/mol. The zero-order valence-corrected chi connectivity index (χ0v) is 16.2. The first-order valence-corrected chi connectivity index (χ1v) is 9.42. The summed E-state index contributed by atoms with van der Waals surface area (Å²) in [6.07, 6.45) is 2.50. The van der Waals surface area contributed by atoms with Crippen molar-refractivity contribution in [1.29, 1.82) is 0 Å². The van der Waals surface area contributed by atoms with Gasteiger partial charge in [0.25, 0.3) is 0 Å². The molecule has 0 aliphatic rings. The number of hydrogen-bond donors (Lipinski definition) is 1. The molecule has 0 radical (unpaired) electrons. The highest BCUT2D eigenvalue weighted by Crippen LogP contribution is 2.15. The van der Waals surface area contributed by atoms with Gasteiger partial charge in [0.05, 0.1) is 13.0 Å². The first-order valence-electron chi connectivity index (χ1n) is 8.60. The number of esters is 1. The lowest BCUT2D eigenvalue weighted by Crippen LogP contribution is -2.33. The van der Waals surface area contributed by atoms with Crippen molar-refractivity contribution in [2.45, 2.75) is 45.3 Å². The van der Waals surface area contributed by atoms with Gasteiger partial charge in [0.2, 0.25) is 0 Å². The summed E-state index contributed by atoms with van der Waals surface area (Å²) in [5, 5.41) is 2.79. The topological polar surface area (TPSA) is 90.9 Å². The van der Waals surface area contributed by atoms with Crippen LogP contribution in [0, 0.1) is 5.92 Å². The number of methoxy groups -OCH3 is 1. The van der Waals surface area contributed by atoms with Crippen LogP contribution in [0.2, 0.25) is 0 Å². The summed E-state index contributed by atoms with van der Waals surface area (Å²) in [5.41, 5.74) is 0.935. The third-order valence-electron chi connectivity index (χ3n) is 3.89. The molecule has 0 bridgehead atoms. The Balaban J connectivity index is 2.20. The van der Waals surface area contributed by atoms with E-state index < -0.39 is 20.7 Å². The van der Waals surface area contributed by atoms with Crippen molar-refractivity contribution in [1.82, 2.24) is 5.32 Å². The SMILES string of the molecule is COC(=O)C(CCCCC(C)NC(=O)OCc1ccccc1)CO[PH+]=O. The first-order chi connectivity index (χ1) is 12.6. The van der Waals surface area contributed by atoms with Crippen LogP contribution < -0.4 is 5.32 Å². The molecular formula is C18H27NO6P+. The maximum Gasteiger partial charge on any atom is 0.494 e. The number of hydrogen-bond acceptors (Lipinski definition) is 6. The molecule has 0 aliphatic heterocycles.